The molecule has 0 saturated carbocycles. The first-order valence-electron chi connectivity index (χ1n) is 4.77. The molecule has 1 N–H and O–H groups in total. The second-order valence-corrected chi connectivity index (χ2v) is 3.69. The normalized spacial score (nSPS) is 16.6. The molecule has 1 unspecified atom stereocenters. The van der Waals surface area contributed by atoms with Crippen molar-refractivity contribution in [2.45, 2.75) is 41.5 Å². The maximum atomic E-state index is 7.54. The van der Waals surface area contributed by atoms with Gasteiger partial charge in [0.05, 0.1) is 0 Å². The molecular formula is C12H21N. The highest BCUT2D eigenvalue weighted by Gasteiger charge is 2.09. The molecule has 0 aromatic rings. The van der Waals surface area contributed by atoms with E-state index in [1.54, 1.807) is 0 Å². The van der Waals surface area contributed by atoms with Crippen molar-refractivity contribution in [1.29, 1.82) is 5.41 Å². The fourth-order valence-corrected chi connectivity index (χ4v) is 1.21. The molecule has 0 amide bonds. The summed E-state index contributed by atoms with van der Waals surface area (Å²) in [5.74, 6) is 0.463. The van der Waals surface area contributed by atoms with Crippen LogP contribution in [0.25, 0.3) is 0 Å². The summed E-state index contributed by atoms with van der Waals surface area (Å²) in [6.45, 7) is 12.4. The van der Waals surface area contributed by atoms with E-state index in [-0.39, 0.29) is 0 Å². The molecule has 1 nitrogen and oxygen atoms in total. The monoisotopic (exact) mass is 179 g/mol. The fourth-order valence-electron chi connectivity index (χ4n) is 1.21. The van der Waals surface area contributed by atoms with Crippen molar-refractivity contribution in [2.75, 3.05) is 0 Å². The number of rotatable bonds is 3. The predicted octanol–water partition coefficient (Wildman–Crippen LogP) is 3.96. The first-order valence-corrected chi connectivity index (χ1v) is 4.77. The van der Waals surface area contributed by atoms with E-state index in [4.69, 9.17) is 5.41 Å². The third-order valence-corrected chi connectivity index (χ3v) is 2.94. The Morgan fingerprint density at radius 1 is 1.15 bits per heavy atom. The van der Waals surface area contributed by atoms with E-state index >= 15 is 0 Å². The van der Waals surface area contributed by atoms with Gasteiger partial charge >= 0.3 is 0 Å². The van der Waals surface area contributed by atoms with Gasteiger partial charge in [0, 0.05) is 5.71 Å². The molecule has 0 aromatic heterocycles. The van der Waals surface area contributed by atoms with Crippen molar-refractivity contribution in [3.63, 3.8) is 0 Å². The molecule has 0 radical (unpaired) electrons. The van der Waals surface area contributed by atoms with Crippen molar-refractivity contribution < 1.29 is 0 Å². The maximum Gasteiger partial charge on any atom is 0.0311 e. The summed E-state index contributed by atoms with van der Waals surface area (Å²) in [6, 6.07) is 0. The van der Waals surface area contributed by atoms with Crippen LogP contribution in [0.3, 0.4) is 0 Å². The Balaban J connectivity index is 4.88. The molecule has 1 heteroatoms. The second-order valence-electron chi connectivity index (χ2n) is 3.69. The Morgan fingerprint density at radius 2 is 1.62 bits per heavy atom. The van der Waals surface area contributed by atoms with Crippen LogP contribution in [0, 0.1) is 11.3 Å². The van der Waals surface area contributed by atoms with Crippen LogP contribution in [-0.4, -0.2) is 5.71 Å². The Hall–Kier alpha value is -0.850. The lowest BCUT2D eigenvalue weighted by molar-refractivity contribution is 0.790. The van der Waals surface area contributed by atoms with Crippen molar-refractivity contribution in [2.24, 2.45) is 5.92 Å². The molecule has 0 saturated heterocycles. The average molecular weight is 179 g/mol. The fraction of sp³-hybridized carbons (Fsp3) is 0.583. The lowest BCUT2D eigenvalue weighted by Crippen LogP contribution is -2.04. The average Bonchev–Trinajstić information content (AvgIpc) is 2.12. The van der Waals surface area contributed by atoms with Gasteiger partial charge in [0.15, 0.2) is 0 Å². The summed E-state index contributed by atoms with van der Waals surface area (Å²) in [5.41, 5.74) is 4.48. The van der Waals surface area contributed by atoms with Crippen molar-refractivity contribution in [1.82, 2.24) is 0 Å². The van der Waals surface area contributed by atoms with Gasteiger partial charge in [-0.2, -0.15) is 0 Å². The van der Waals surface area contributed by atoms with E-state index in [2.05, 4.69) is 33.8 Å². The Labute approximate surface area is 82.1 Å². The van der Waals surface area contributed by atoms with Crippen LogP contribution in [0.4, 0.5) is 0 Å². The van der Waals surface area contributed by atoms with Gasteiger partial charge in [0.25, 0.3) is 0 Å². The number of hydrogen-bond donors (Lipinski definition) is 1. The van der Waals surface area contributed by atoms with E-state index in [1.807, 2.05) is 13.8 Å². The minimum atomic E-state index is 0.463. The molecule has 0 bridgehead atoms. The first-order chi connectivity index (χ1) is 5.91. The number of allylic oxidation sites excluding steroid dienone is 4. The molecule has 74 valence electrons. The van der Waals surface area contributed by atoms with Crippen LogP contribution < -0.4 is 0 Å². The van der Waals surface area contributed by atoms with Crippen LogP contribution in [-0.2, 0) is 0 Å². The van der Waals surface area contributed by atoms with E-state index in [9.17, 15) is 0 Å². The molecule has 0 aliphatic heterocycles. The summed E-state index contributed by atoms with van der Waals surface area (Å²) >= 11 is 0. The standard InChI is InChI=1S/C12H21N/c1-7-8(2)9(3)10(4)11(5)12(6)13/h7,9,13H,1-6H3/b8-7-,11-10-,13-12?. The minimum Gasteiger partial charge on any atom is -0.305 e. The van der Waals surface area contributed by atoms with Crippen LogP contribution in [0.5, 0.6) is 0 Å². The maximum absolute atomic E-state index is 7.54. The van der Waals surface area contributed by atoms with E-state index in [0.717, 1.165) is 5.57 Å². The Kier molecular flexibility index (Phi) is 4.68. The van der Waals surface area contributed by atoms with Gasteiger partial charge in [0.2, 0.25) is 0 Å². The van der Waals surface area contributed by atoms with E-state index < -0.39 is 0 Å². The summed E-state index contributed by atoms with van der Waals surface area (Å²) in [5, 5.41) is 7.54. The molecule has 1 atom stereocenters. The zero-order valence-electron chi connectivity index (χ0n) is 9.65. The van der Waals surface area contributed by atoms with Crippen LogP contribution >= 0.6 is 0 Å². The molecule has 0 aliphatic carbocycles. The number of nitrogens with one attached hydrogen (secondary N) is 1. The molecule has 0 aromatic carbocycles. The second kappa shape index (κ2) is 5.00. The zero-order valence-corrected chi connectivity index (χ0v) is 9.65. The lowest BCUT2D eigenvalue weighted by Gasteiger charge is -2.15. The van der Waals surface area contributed by atoms with Gasteiger partial charge in [-0.05, 0) is 46.1 Å². The van der Waals surface area contributed by atoms with Gasteiger partial charge in [-0.15, -0.1) is 0 Å². The van der Waals surface area contributed by atoms with Gasteiger partial charge in [-0.25, -0.2) is 0 Å². The SMILES string of the molecule is C/C=C(/C)C(C)/C(C)=C(/C)C(C)=N. The third kappa shape index (κ3) is 3.17. The molecule has 0 heterocycles. The van der Waals surface area contributed by atoms with Crippen molar-refractivity contribution >= 4 is 5.71 Å². The Morgan fingerprint density at radius 3 is 1.92 bits per heavy atom. The molecular weight excluding hydrogens is 158 g/mol. The van der Waals surface area contributed by atoms with Crippen LogP contribution in [0.1, 0.15) is 41.5 Å². The highest BCUT2D eigenvalue weighted by atomic mass is 14.4. The molecule has 13 heavy (non-hydrogen) atoms. The largest absolute Gasteiger partial charge is 0.305 e. The first kappa shape index (κ1) is 12.2. The molecule has 0 spiro atoms. The zero-order chi connectivity index (χ0) is 10.6. The topological polar surface area (TPSA) is 23.9 Å². The molecule has 0 fully saturated rings. The predicted molar refractivity (Wildman–Crippen MR) is 60.4 cm³/mol. The van der Waals surface area contributed by atoms with Crippen molar-refractivity contribution in [3.8, 4) is 0 Å². The van der Waals surface area contributed by atoms with Crippen LogP contribution in [0.15, 0.2) is 22.8 Å². The summed E-state index contributed by atoms with van der Waals surface area (Å²) in [7, 11) is 0. The van der Waals surface area contributed by atoms with E-state index in [1.165, 1.54) is 11.1 Å². The third-order valence-electron chi connectivity index (χ3n) is 2.94. The lowest BCUT2D eigenvalue weighted by atomic mass is 9.90. The minimum absolute atomic E-state index is 0.463. The van der Waals surface area contributed by atoms with Gasteiger partial charge < -0.3 is 5.41 Å². The summed E-state index contributed by atoms with van der Waals surface area (Å²) in [6.07, 6.45) is 2.14. The molecule has 0 aliphatic rings. The summed E-state index contributed by atoms with van der Waals surface area (Å²) < 4.78 is 0. The van der Waals surface area contributed by atoms with Gasteiger partial charge in [0.1, 0.15) is 0 Å². The summed E-state index contributed by atoms with van der Waals surface area (Å²) in [4.78, 5) is 0. The molecule has 0 rings (SSSR count). The number of hydrogen-bond acceptors (Lipinski definition) is 1. The highest BCUT2D eigenvalue weighted by molar-refractivity contribution is 5.95. The highest BCUT2D eigenvalue weighted by Crippen LogP contribution is 2.22. The van der Waals surface area contributed by atoms with Gasteiger partial charge in [-0.3, -0.25) is 0 Å². The van der Waals surface area contributed by atoms with Gasteiger partial charge in [-0.1, -0.05) is 24.1 Å². The van der Waals surface area contributed by atoms with E-state index in [0.29, 0.717) is 11.6 Å². The quantitative estimate of drug-likeness (QED) is 0.501. The van der Waals surface area contributed by atoms with Crippen LogP contribution in [0.2, 0.25) is 0 Å². The van der Waals surface area contributed by atoms with Crippen molar-refractivity contribution in [3.05, 3.63) is 22.8 Å². The smallest absolute Gasteiger partial charge is 0.0311 e. The Bertz CT molecular complexity index is 256.